The van der Waals surface area contributed by atoms with Crippen LogP contribution in [0.15, 0.2) is 6.07 Å². The Morgan fingerprint density at radius 2 is 1.95 bits per heavy atom. The van der Waals surface area contributed by atoms with Crippen LogP contribution in [0, 0.1) is 17.8 Å². The molecule has 1 saturated carbocycles. The molecule has 3 rings (SSSR count). The highest BCUT2D eigenvalue weighted by Gasteiger charge is 2.43. The van der Waals surface area contributed by atoms with Crippen LogP contribution in [0.1, 0.15) is 74.6 Å². The summed E-state index contributed by atoms with van der Waals surface area (Å²) in [7, 11) is 0. The van der Waals surface area contributed by atoms with Crippen LogP contribution in [0.25, 0.3) is 0 Å². The van der Waals surface area contributed by atoms with Crippen molar-refractivity contribution in [2.75, 3.05) is 0 Å². The van der Waals surface area contributed by atoms with Crippen LogP contribution < -0.4 is 0 Å². The minimum absolute atomic E-state index is 0.119. The number of carbonyl (C=O) groups excluding carboxylic acids is 1. The summed E-state index contributed by atoms with van der Waals surface area (Å²) < 4.78 is 2.47. The van der Waals surface area contributed by atoms with Crippen molar-refractivity contribution in [2.24, 2.45) is 10.8 Å². The summed E-state index contributed by atoms with van der Waals surface area (Å²) in [6, 6.07) is 2.13. The quantitative estimate of drug-likeness (QED) is 0.790. The van der Waals surface area contributed by atoms with Gasteiger partial charge in [-0.25, -0.2) is 0 Å². The Morgan fingerprint density at radius 3 is 2.55 bits per heavy atom. The van der Waals surface area contributed by atoms with Crippen LogP contribution in [0.3, 0.4) is 0 Å². The lowest BCUT2D eigenvalue weighted by molar-refractivity contribution is 0.0909. The summed E-state index contributed by atoms with van der Waals surface area (Å²) in [4.78, 5) is 12.4. The highest BCUT2D eigenvalue weighted by Crippen LogP contribution is 2.52. The van der Waals surface area contributed by atoms with Gasteiger partial charge in [0.15, 0.2) is 5.78 Å². The van der Waals surface area contributed by atoms with Crippen LogP contribution in [0.5, 0.6) is 0 Å². The van der Waals surface area contributed by atoms with E-state index in [1.807, 2.05) is 0 Å². The molecule has 1 aromatic heterocycles. The van der Waals surface area contributed by atoms with E-state index >= 15 is 0 Å². The number of ketones is 1. The molecule has 0 radical (unpaired) electrons. The van der Waals surface area contributed by atoms with Crippen LogP contribution in [-0.2, 0) is 13.0 Å². The average molecular weight is 273 g/mol. The van der Waals surface area contributed by atoms with Crippen molar-refractivity contribution < 1.29 is 4.79 Å². The normalized spacial score (nSPS) is 22.7. The summed E-state index contributed by atoms with van der Waals surface area (Å²) in [5, 5.41) is 0. The highest BCUT2D eigenvalue weighted by atomic mass is 16.1. The maximum atomic E-state index is 12.4. The highest BCUT2D eigenvalue weighted by molar-refractivity contribution is 5.99. The molecule has 0 aromatic carbocycles. The van der Waals surface area contributed by atoms with E-state index in [1.54, 1.807) is 0 Å². The monoisotopic (exact) mass is 273 g/mol. The second-order valence-corrected chi connectivity index (χ2v) is 7.92. The van der Waals surface area contributed by atoms with Crippen molar-refractivity contribution in [3.05, 3.63) is 23.0 Å². The molecule has 2 aliphatic carbocycles. The molecule has 0 bridgehead atoms. The van der Waals surface area contributed by atoms with E-state index in [9.17, 15) is 4.79 Å². The number of carbonyl (C=O) groups is 1. The predicted octanol–water partition coefficient (Wildman–Crippen LogP) is 4.53. The van der Waals surface area contributed by atoms with Gasteiger partial charge in [0, 0.05) is 29.9 Å². The zero-order chi connectivity index (χ0) is 14.5. The van der Waals surface area contributed by atoms with Crippen LogP contribution in [0.4, 0.5) is 0 Å². The Hall–Kier alpha value is -1.05. The number of Topliss-reactive ketones (excluding diaryl/α,β-unsaturated/α-hetero) is 1. The molecule has 0 saturated heterocycles. The largest absolute Gasteiger partial charge is 0.348 e. The molecule has 0 unspecified atom stereocenters. The number of nitrogens with zero attached hydrogens (tertiary/aromatic N) is 1. The molecule has 0 spiro atoms. The van der Waals surface area contributed by atoms with Gasteiger partial charge in [-0.3, -0.25) is 4.79 Å². The Bertz CT molecular complexity index is 546. The number of aryl methyl sites for hydroxylation is 1. The fourth-order valence-corrected chi connectivity index (χ4v) is 3.96. The predicted molar refractivity (Wildman–Crippen MR) is 82.2 cm³/mol. The first-order chi connectivity index (χ1) is 9.36. The van der Waals surface area contributed by atoms with Gasteiger partial charge >= 0.3 is 0 Å². The van der Waals surface area contributed by atoms with E-state index < -0.39 is 0 Å². The fourth-order valence-electron chi connectivity index (χ4n) is 3.96. The van der Waals surface area contributed by atoms with Crippen molar-refractivity contribution in [1.82, 2.24) is 4.57 Å². The van der Waals surface area contributed by atoms with E-state index in [1.165, 1.54) is 37.1 Å². The molecule has 2 heteroatoms. The smallest absolute Gasteiger partial charge is 0.165 e. The third-order valence-electron chi connectivity index (χ3n) is 5.23. The Balaban J connectivity index is 1.95. The maximum Gasteiger partial charge on any atom is 0.165 e. The molecule has 20 heavy (non-hydrogen) atoms. The standard InChI is InChI=1S/C18H27NO/c1-5-6-18(7-8-18)12-19-13(2)9-14-15(19)10-17(3,4)11-16(14)20/h9H,5-8,10-12H2,1-4H3. The van der Waals surface area contributed by atoms with Crippen molar-refractivity contribution in [1.29, 1.82) is 0 Å². The van der Waals surface area contributed by atoms with Crippen molar-refractivity contribution in [2.45, 2.75) is 72.8 Å². The molecule has 1 fully saturated rings. The summed E-state index contributed by atoms with van der Waals surface area (Å²) in [6.07, 6.45) is 7.08. The van der Waals surface area contributed by atoms with E-state index in [-0.39, 0.29) is 5.41 Å². The number of hydrogen-bond acceptors (Lipinski definition) is 1. The Labute approximate surface area is 122 Å². The average Bonchev–Trinajstić information content (AvgIpc) is 3.02. The zero-order valence-corrected chi connectivity index (χ0v) is 13.4. The lowest BCUT2D eigenvalue weighted by Gasteiger charge is -2.30. The van der Waals surface area contributed by atoms with Gasteiger partial charge in [0.05, 0.1) is 0 Å². The van der Waals surface area contributed by atoms with Crippen LogP contribution in [-0.4, -0.2) is 10.4 Å². The van der Waals surface area contributed by atoms with Gasteiger partial charge in [-0.05, 0) is 49.5 Å². The summed E-state index contributed by atoms with van der Waals surface area (Å²) >= 11 is 0. The van der Waals surface area contributed by atoms with Crippen molar-refractivity contribution in [3.63, 3.8) is 0 Å². The molecule has 0 aliphatic heterocycles. The first-order valence-corrected chi connectivity index (χ1v) is 8.08. The number of hydrogen-bond donors (Lipinski definition) is 0. The van der Waals surface area contributed by atoms with E-state index in [2.05, 4.69) is 38.3 Å². The second-order valence-electron chi connectivity index (χ2n) is 7.92. The zero-order valence-electron chi connectivity index (χ0n) is 13.4. The van der Waals surface area contributed by atoms with Crippen LogP contribution in [0.2, 0.25) is 0 Å². The molecule has 110 valence electrons. The number of fused-ring (bicyclic) bond motifs is 1. The van der Waals surface area contributed by atoms with Gasteiger partial charge in [-0.15, -0.1) is 0 Å². The van der Waals surface area contributed by atoms with Gasteiger partial charge in [-0.2, -0.15) is 0 Å². The fraction of sp³-hybridized carbons (Fsp3) is 0.722. The molecular weight excluding hydrogens is 246 g/mol. The van der Waals surface area contributed by atoms with Gasteiger partial charge in [-0.1, -0.05) is 27.2 Å². The Kier molecular flexibility index (Phi) is 3.11. The molecule has 1 heterocycles. The molecule has 0 atom stereocenters. The Morgan fingerprint density at radius 1 is 1.25 bits per heavy atom. The van der Waals surface area contributed by atoms with Gasteiger partial charge < -0.3 is 4.57 Å². The molecule has 2 nitrogen and oxygen atoms in total. The summed E-state index contributed by atoms with van der Waals surface area (Å²) in [6.45, 7) is 10.0. The molecular formula is C18H27NO. The van der Waals surface area contributed by atoms with E-state index in [4.69, 9.17) is 0 Å². The lowest BCUT2D eigenvalue weighted by Crippen LogP contribution is -2.29. The number of aromatic nitrogens is 1. The third-order valence-corrected chi connectivity index (χ3v) is 5.23. The summed E-state index contributed by atoms with van der Waals surface area (Å²) in [5.74, 6) is 0.346. The van der Waals surface area contributed by atoms with Gasteiger partial charge in [0.25, 0.3) is 0 Å². The third kappa shape index (κ3) is 2.34. The SMILES string of the molecule is CCCC1(Cn2c(C)cc3c2CC(C)(C)CC3=O)CC1. The van der Waals surface area contributed by atoms with Crippen molar-refractivity contribution in [3.8, 4) is 0 Å². The second kappa shape index (κ2) is 4.47. The van der Waals surface area contributed by atoms with Gasteiger partial charge in [0.1, 0.15) is 0 Å². The molecule has 1 aromatic rings. The number of rotatable bonds is 4. The molecule has 0 N–H and O–H groups in total. The van der Waals surface area contributed by atoms with Crippen molar-refractivity contribution >= 4 is 5.78 Å². The first kappa shape index (κ1) is 13.9. The molecule has 0 amide bonds. The van der Waals surface area contributed by atoms with Gasteiger partial charge in [0.2, 0.25) is 0 Å². The van der Waals surface area contributed by atoms with E-state index in [0.29, 0.717) is 17.6 Å². The molecule has 2 aliphatic rings. The summed E-state index contributed by atoms with van der Waals surface area (Å²) in [5.41, 5.74) is 4.26. The first-order valence-electron chi connectivity index (χ1n) is 8.08. The topological polar surface area (TPSA) is 22.0 Å². The maximum absolute atomic E-state index is 12.4. The minimum Gasteiger partial charge on any atom is -0.348 e. The lowest BCUT2D eigenvalue weighted by atomic mass is 9.76. The minimum atomic E-state index is 0.119. The van der Waals surface area contributed by atoms with E-state index in [0.717, 1.165) is 18.5 Å². The van der Waals surface area contributed by atoms with Crippen LogP contribution >= 0.6 is 0 Å².